The van der Waals surface area contributed by atoms with Crippen LogP contribution in [0.3, 0.4) is 0 Å². The van der Waals surface area contributed by atoms with Crippen molar-refractivity contribution >= 4 is 0 Å². The van der Waals surface area contributed by atoms with Crippen molar-refractivity contribution < 1.29 is 17.9 Å². The molecule has 1 heterocycles. The molecule has 0 aliphatic carbocycles. The summed E-state index contributed by atoms with van der Waals surface area (Å²) < 4.78 is 41.1. The highest BCUT2D eigenvalue weighted by Crippen LogP contribution is 2.26. The first-order chi connectivity index (χ1) is 9.85. The summed E-state index contributed by atoms with van der Waals surface area (Å²) in [6.07, 6.45) is -2.65. The Bertz CT molecular complexity index is 464. The molecule has 3 nitrogen and oxygen atoms in total. The summed E-state index contributed by atoms with van der Waals surface area (Å²) in [6, 6.07) is 7.08. The number of likely N-dealkylation sites (tertiary alicyclic amines) is 1. The summed E-state index contributed by atoms with van der Waals surface area (Å²) >= 11 is 0. The zero-order chi connectivity index (χ0) is 15.5. The largest absolute Gasteiger partial charge is 0.573 e. The molecular formula is C15H21F3N2O. The molecule has 1 aliphatic rings. The fourth-order valence-electron chi connectivity index (χ4n) is 2.60. The predicted molar refractivity (Wildman–Crippen MR) is 75.1 cm³/mol. The summed E-state index contributed by atoms with van der Waals surface area (Å²) in [5.41, 5.74) is 0.529. The summed E-state index contributed by atoms with van der Waals surface area (Å²) in [4.78, 5) is 2.29. The van der Waals surface area contributed by atoms with Gasteiger partial charge < -0.3 is 15.0 Å². The minimum atomic E-state index is -4.65. The number of alkyl halides is 3. The molecule has 1 N–H and O–H groups in total. The van der Waals surface area contributed by atoms with E-state index in [4.69, 9.17) is 0 Å². The van der Waals surface area contributed by atoms with Crippen molar-refractivity contribution in [3.8, 4) is 5.75 Å². The number of ether oxygens (including phenoxy) is 1. The highest BCUT2D eigenvalue weighted by atomic mass is 19.4. The minimum absolute atomic E-state index is 0.126. The van der Waals surface area contributed by atoms with Crippen LogP contribution in [0.1, 0.15) is 25.3 Å². The van der Waals surface area contributed by atoms with Crippen LogP contribution in [-0.4, -0.2) is 36.9 Å². The lowest BCUT2D eigenvalue weighted by molar-refractivity contribution is -0.274. The van der Waals surface area contributed by atoms with E-state index in [1.807, 2.05) is 0 Å². The summed E-state index contributed by atoms with van der Waals surface area (Å²) in [7, 11) is 2.09. The van der Waals surface area contributed by atoms with Gasteiger partial charge >= 0.3 is 6.36 Å². The Hall–Kier alpha value is -1.27. The van der Waals surface area contributed by atoms with Gasteiger partial charge in [0.15, 0.2) is 0 Å². The van der Waals surface area contributed by atoms with E-state index >= 15 is 0 Å². The van der Waals surface area contributed by atoms with Gasteiger partial charge in [-0.05, 0) is 39.4 Å². The van der Waals surface area contributed by atoms with Gasteiger partial charge in [0.25, 0.3) is 0 Å². The van der Waals surface area contributed by atoms with Crippen molar-refractivity contribution in [1.82, 2.24) is 10.2 Å². The zero-order valence-corrected chi connectivity index (χ0v) is 12.3. The summed E-state index contributed by atoms with van der Waals surface area (Å²) in [5, 5.41) is 3.34. The Morgan fingerprint density at radius 1 is 1.33 bits per heavy atom. The lowest BCUT2D eigenvalue weighted by Gasteiger charge is -2.35. The summed E-state index contributed by atoms with van der Waals surface area (Å²) in [5.74, 6) is -0.126. The van der Waals surface area contributed by atoms with Crippen molar-refractivity contribution in [1.29, 1.82) is 0 Å². The Balaban J connectivity index is 1.94. The molecule has 1 aromatic rings. The molecule has 0 amide bonds. The van der Waals surface area contributed by atoms with Crippen LogP contribution in [-0.2, 0) is 6.54 Å². The maximum Gasteiger partial charge on any atom is 0.573 e. The van der Waals surface area contributed by atoms with Gasteiger partial charge in [-0.3, -0.25) is 0 Å². The van der Waals surface area contributed by atoms with Gasteiger partial charge in [0.05, 0.1) is 0 Å². The van der Waals surface area contributed by atoms with Crippen molar-refractivity contribution in [3.05, 3.63) is 29.8 Å². The monoisotopic (exact) mass is 302 g/mol. The molecule has 1 aromatic carbocycles. The first kappa shape index (κ1) is 16.1. The molecule has 0 aromatic heterocycles. The molecule has 0 radical (unpaired) electrons. The van der Waals surface area contributed by atoms with E-state index in [0.717, 1.165) is 19.4 Å². The molecule has 21 heavy (non-hydrogen) atoms. The lowest BCUT2D eigenvalue weighted by atomic mass is 9.98. The maximum absolute atomic E-state index is 12.4. The second-order valence-electron chi connectivity index (χ2n) is 5.59. The number of benzene rings is 1. The minimum Gasteiger partial charge on any atom is -0.405 e. The number of rotatable bonds is 4. The van der Waals surface area contributed by atoms with Crippen LogP contribution in [0.2, 0.25) is 0 Å². The van der Waals surface area contributed by atoms with E-state index in [9.17, 15) is 13.2 Å². The number of hydrogen-bond acceptors (Lipinski definition) is 3. The van der Waals surface area contributed by atoms with Crippen molar-refractivity contribution in [2.75, 3.05) is 13.6 Å². The van der Waals surface area contributed by atoms with E-state index in [-0.39, 0.29) is 5.75 Å². The predicted octanol–water partition coefficient (Wildman–Crippen LogP) is 3.16. The fraction of sp³-hybridized carbons (Fsp3) is 0.600. The molecule has 1 saturated heterocycles. The van der Waals surface area contributed by atoms with Crippen LogP contribution in [0.5, 0.6) is 5.75 Å². The van der Waals surface area contributed by atoms with Crippen LogP contribution >= 0.6 is 0 Å². The molecule has 1 aliphatic heterocycles. The molecule has 2 atom stereocenters. The highest BCUT2D eigenvalue weighted by Gasteiger charge is 2.32. The second-order valence-corrected chi connectivity index (χ2v) is 5.59. The Labute approximate surface area is 123 Å². The topological polar surface area (TPSA) is 24.5 Å². The number of halogens is 3. The Kier molecular flexibility index (Phi) is 5.11. The van der Waals surface area contributed by atoms with Gasteiger partial charge in [0.1, 0.15) is 5.75 Å². The molecule has 2 rings (SSSR count). The van der Waals surface area contributed by atoms with Crippen LogP contribution < -0.4 is 10.1 Å². The van der Waals surface area contributed by atoms with Gasteiger partial charge in [-0.25, -0.2) is 0 Å². The van der Waals surface area contributed by atoms with E-state index in [2.05, 4.69) is 28.9 Å². The molecule has 118 valence electrons. The van der Waals surface area contributed by atoms with E-state index < -0.39 is 6.36 Å². The zero-order valence-electron chi connectivity index (χ0n) is 12.3. The number of para-hydroxylation sites is 1. The third-order valence-corrected chi connectivity index (χ3v) is 3.99. The van der Waals surface area contributed by atoms with Gasteiger partial charge in [-0.15, -0.1) is 13.2 Å². The molecule has 1 fully saturated rings. The first-order valence-corrected chi connectivity index (χ1v) is 7.12. The third kappa shape index (κ3) is 4.89. The van der Waals surface area contributed by atoms with Crippen molar-refractivity contribution in [2.24, 2.45) is 0 Å². The van der Waals surface area contributed by atoms with Gasteiger partial charge in [0, 0.05) is 24.2 Å². The SMILES string of the molecule is CC1CC(NCc2ccccc2OC(F)(F)F)CCN1C. The lowest BCUT2D eigenvalue weighted by Crippen LogP contribution is -2.45. The summed E-state index contributed by atoms with van der Waals surface area (Å²) in [6.45, 7) is 3.54. The van der Waals surface area contributed by atoms with Crippen LogP contribution in [0.4, 0.5) is 13.2 Å². The standard InChI is InChI=1S/C15H21F3N2O/c1-11-9-13(7-8-20(11)2)19-10-12-5-3-4-6-14(12)21-15(16,17)18/h3-6,11,13,19H,7-10H2,1-2H3. The van der Waals surface area contributed by atoms with Crippen LogP contribution in [0.15, 0.2) is 24.3 Å². The number of nitrogens with one attached hydrogen (secondary N) is 1. The van der Waals surface area contributed by atoms with Gasteiger partial charge in [-0.1, -0.05) is 18.2 Å². The normalized spacial score (nSPS) is 24.0. The van der Waals surface area contributed by atoms with Crippen molar-refractivity contribution in [2.45, 2.75) is 44.8 Å². The van der Waals surface area contributed by atoms with E-state index in [1.54, 1.807) is 18.2 Å². The molecule has 0 saturated carbocycles. The fourth-order valence-corrected chi connectivity index (χ4v) is 2.60. The molecule has 2 unspecified atom stereocenters. The molecule has 0 spiro atoms. The quantitative estimate of drug-likeness (QED) is 0.924. The number of piperidine rings is 1. The Morgan fingerprint density at radius 3 is 2.71 bits per heavy atom. The molecular weight excluding hydrogens is 281 g/mol. The second kappa shape index (κ2) is 6.66. The van der Waals surface area contributed by atoms with E-state index in [1.165, 1.54) is 6.07 Å². The smallest absolute Gasteiger partial charge is 0.405 e. The third-order valence-electron chi connectivity index (χ3n) is 3.99. The van der Waals surface area contributed by atoms with Gasteiger partial charge in [-0.2, -0.15) is 0 Å². The molecule has 0 bridgehead atoms. The van der Waals surface area contributed by atoms with E-state index in [0.29, 0.717) is 24.2 Å². The van der Waals surface area contributed by atoms with Crippen LogP contribution in [0.25, 0.3) is 0 Å². The number of hydrogen-bond donors (Lipinski definition) is 1. The highest BCUT2D eigenvalue weighted by molar-refractivity contribution is 5.33. The average molecular weight is 302 g/mol. The average Bonchev–Trinajstić information content (AvgIpc) is 2.40. The van der Waals surface area contributed by atoms with Crippen LogP contribution in [0, 0.1) is 0 Å². The van der Waals surface area contributed by atoms with Gasteiger partial charge in [0.2, 0.25) is 0 Å². The number of nitrogens with zero attached hydrogens (tertiary/aromatic N) is 1. The van der Waals surface area contributed by atoms with Crippen molar-refractivity contribution in [3.63, 3.8) is 0 Å². The molecule has 6 heteroatoms. The first-order valence-electron chi connectivity index (χ1n) is 7.12. The maximum atomic E-state index is 12.4. The Morgan fingerprint density at radius 2 is 2.05 bits per heavy atom.